The van der Waals surface area contributed by atoms with E-state index < -0.39 is 6.04 Å². The first-order valence-corrected chi connectivity index (χ1v) is 10.4. The van der Waals surface area contributed by atoms with Gasteiger partial charge in [-0.1, -0.05) is 39.3 Å². The van der Waals surface area contributed by atoms with Gasteiger partial charge < -0.3 is 20.3 Å². The highest BCUT2D eigenvalue weighted by atomic mass is 16.5. The highest BCUT2D eigenvalue weighted by Gasteiger charge is 2.26. The summed E-state index contributed by atoms with van der Waals surface area (Å²) in [6, 6.07) is 6.45. The second-order valence-electron chi connectivity index (χ2n) is 8.11. The number of piperidine rings is 1. The van der Waals surface area contributed by atoms with Crippen molar-refractivity contribution in [3.05, 3.63) is 29.8 Å². The number of rotatable bonds is 9. The van der Waals surface area contributed by atoms with Crippen LogP contribution in [0.25, 0.3) is 0 Å². The molecule has 2 amide bonds. The number of ether oxygens (including phenoxy) is 1. The minimum atomic E-state index is -0.584. The lowest BCUT2D eigenvalue weighted by molar-refractivity contribution is -0.124. The Hall–Kier alpha value is -2.08. The average molecular weight is 390 g/mol. The molecule has 1 aliphatic rings. The predicted octanol–water partition coefficient (Wildman–Crippen LogP) is 2.69. The van der Waals surface area contributed by atoms with Crippen molar-refractivity contribution < 1.29 is 14.3 Å². The van der Waals surface area contributed by atoms with Crippen molar-refractivity contribution in [1.82, 2.24) is 15.5 Å². The molecule has 0 aromatic heterocycles. The summed E-state index contributed by atoms with van der Waals surface area (Å²) in [5.41, 5.74) is 0.432. The van der Waals surface area contributed by atoms with Gasteiger partial charge in [-0.3, -0.25) is 9.59 Å². The molecule has 2 rings (SSSR count). The molecule has 1 saturated heterocycles. The topological polar surface area (TPSA) is 70.7 Å². The molecule has 2 atom stereocenters. The lowest BCUT2D eigenvalue weighted by Crippen LogP contribution is -2.51. The minimum absolute atomic E-state index is 0.0175. The van der Waals surface area contributed by atoms with Gasteiger partial charge in [-0.2, -0.15) is 0 Å². The fourth-order valence-corrected chi connectivity index (χ4v) is 3.62. The highest BCUT2D eigenvalue weighted by molar-refractivity contribution is 5.99. The van der Waals surface area contributed by atoms with Crippen LogP contribution in [-0.4, -0.2) is 56.0 Å². The molecule has 6 heteroatoms. The van der Waals surface area contributed by atoms with Gasteiger partial charge in [0.25, 0.3) is 5.91 Å². The number of amides is 2. The molecule has 0 spiro atoms. The summed E-state index contributed by atoms with van der Waals surface area (Å²) in [5.74, 6) is 0.422. The molecule has 2 N–H and O–H groups in total. The monoisotopic (exact) mass is 389 g/mol. The van der Waals surface area contributed by atoms with E-state index in [1.165, 1.54) is 26.4 Å². The minimum Gasteiger partial charge on any atom is -0.496 e. The Kier molecular flexibility index (Phi) is 8.77. The normalized spacial score (nSPS) is 17.0. The summed E-state index contributed by atoms with van der Waals surface area (Å²) < 4.78 is 5.25. The number of carbonyl (C=O) groups excluding carboxylic acids is 2. The Bertz CT molecular complexity index is 642. The largest absolute Gasteiger partial charge is 0.496 e. The summed E-state index contributed by atoms with van der Waals surface area (Å²) in [6.45, 7) is 9.95. The van der Waals surface area contributed by atoms with Crippen LogP contribution in [0, 0.1) is 11.8 Å². The first-order chi connectivity index (χ1) is 13.4. The van der Waals surface area contributed by atoms with E-state index in [1.54, 1.807) is 18.2 Å². The van der Waals surface area contributed by atoms with E-state index in [-0.39, 0.29) is 17.7 Å². The van der Waals surface area contributed by atoms with E-state index in [9.17, 15) is 9.59 Å². The molecular weight excluding hydrogens is 354 g/mol. The van der Waals surface area contributed by atoms with Gasteiger partial charge in [-0.05, 0) is 49.9 Å². The lowest BCUT2D eigenvalue weighted by atomic mass is 10.0. The quantitative estimate of drug-likeness (QED) is 0.681. The van der Waals surface area contributed by atoms with Crippen molar-refractivity contribution in [1.29, 1.82) is 0 Å². The third-order valence-electron chi connectivity index (χ3n) is 5.23. The van der Waals surface area contributed by atoms with Crippen LogP contribution in [0.1, 0.15) is 50.4 Å². The SMILES string of the molecule is COc1ccccc1C(=O)NC(C(=O)NCC(C)CN1CCCCC1)C(C)C. The molecule has 1 aliphatic heterocycles. The van der Waals surface area contributed by atoms with Gasteiger partial charge >= 0.3 is 0 Å². The summed E-state index contributed by atoms with van der Waals surface area (Å²) in [4.78, 5) is 27.9. The molecule has 1 fully saturated rings. The zero-order valence-corrected chi connectivity index (χ0v) is 17.7. The number of methoxy groups -OCH3 is 1. The number of benzene rings is 1. The van der Waals surface area contributed by atoms with Crippen molar-refractivity contribution in [2.45, 2.75) is 46.1 Å². The average Bonchev–Trinajstić information content (AvgIpc) is 2.70. The number of nitrogens with one attached hydrogen (secondary N) is 2. The van der Waals surface area contributed by atoms with Gasteiger partial charge in [0, 0.05) is 13.1 Å². The molecule has 28 heavy (non-hydrogen) atoms. The van der Waals surface area contributed by atoms with Crippen LogP contribution in [0.5, 0.6) is 5.75 Å². The van der Waals surface area contributed by atoms with Crippen molar-refractivity contribution in [3.8, 4) is 5.75 Å². The maximum Gasteiger partial charge on any atom is 0.255 e. The highest BCUT2D eigenvalue weighted by Crippen LogP contribution is 2.18. The van der Waals surface area contributed by atoms with E-state index in [0.29, 0.717) is 23.8 Å². The van der Waals surface area contributed by atoms with Gasteiger partial charge in [0.05, 0.1) is 12.7 Å². The van der Waals surface area contributed by atoms with E-state index in [1.807, 2.05) is 19.9 Å². The number of hydrogen-bond donors (Lipinski definition) is 2. The van der Waals surface area contributed by atoms with Crippen LogP contribution in [-0.2, 0) is 4.79 Å². The molecule has 0 bridgehead atoms. The second kappa shape index (κ2) is 11.1. The zero-order chi connectivity index (χ0) is 20.5. The molecule has 0 saturated carbocycles. The molecule has 1 aromatic rings. The standard InChI is InChI=1S/C22H35N3O3/c1-16(2)20(24-21(26)18-10-6-7-11-19(18)28-4)22(27)23-14-17(3)15-25-12-8-5-9-13-25/h6-7,10-11,16-17,20H,5,8-9,12-15H2,1-4H3,(H,23,27)(H,24,26). The first kappa shape index (κ1) is 22.2. The molecular formula is C22H35N3O3. The van der Waals surface area contributed by atoms with E-state index in [0.717, 1.165) is 19.6 Å². The van der Waals surface area contributed by atoms with Gasteiger partial charge in [0.2, 0.25) is 5.91 Å². The van der Waals surface area contributed by atoms with Gasteiger partial charge in [0.1, 0.15) is 11.8 Å². The third kappa shape index (κ3) is 6.51. The number of likely N-dealkylation sites (tertiary alicyclic amines) is 1. The Morgan fingerprint density at radius 2 is 1.79 bits per heavy atom. The zero-order valence-electron chi connectivity index (χ0n) is 17.7. The number of carbonyl (C=O) groups is 2. The summed E-state index contributed by atoms with van der Waals surface area (Å²) in [6.07, 6.45) is 3.86. The lowest BCUT2D eigenvalue weighted by Gasteiger charge is -2.29. The van der Waals surface area contributed by atoms with Crippen LogP contribution in [0.2, 0.25) is 0 Å². The maximum atomic E-state index is 12.7. The van der Waals surface area contributed by atoms with Crippen LogP contribution in [0.15, 0.2) is 24.3 Å². The molecule has 1 heterocycles. The Balaban J connectivity index is 1.89. The molecule has 1 aromatic carbocycles. The van der Waals surface area contributed by atoms with E-state index in [2.05, 4.69) is 22.5 Å². The fourth-order valence-electron chi connectivity index (χ4n) is 3.62. The fraction of sp³-hybridized carbons (Fsp3) is 0.636. The maximum absolute atomic E-state index is 12.7. The van der Waals surface area contributed by atoms with Crippen molar-refractivity contribution in [2.75, 3.05) is 33.3 Å². The van der Waals surface area contributed by atoms with Crippen LogP contribution in [0.3, 0.4) is 0 Å². The second-order valence-corrected chi connectivity index (χ2v) is 8.11. The van der Waals surface area contributed by atoms with Crippen LogP contribution >= 0.6 is 0 Å². The van der Waals surface area contributed by atoms with E-state index in [4.69, 9.17) is 4.74 Å². The first-order valence-electron chi connectivity index (χ1n) is 10.4. The van der Waals surface area contributed by atoms with Gasteiger partial charge in [0.15, 0.2) is 0 Å². The Morgan fingerprint density at radius 1 is 1.11 bits per heavy atom. The Labute approximate surface area is 169 Å². The van der Waals surface area contributed by atoms with Crippen molar-refractivity contribution >= 4 is 11.8 Å². The summed E-state index contributed by atoms with van der Waals surface area (Å²) in [5, 5.41) is 5.90. The molecule has 2 unspecified atom stereocenters. The van der Waals surface area contributed by atoms with Gasteiger partial charge in [-0.25, -0.2) is 0 Å². The van der Waals surface area contributed by atoms with Crippen LogP contribution in [0.4, 0.5) is 0 Å². The molecule has 0 aliphatic carbocycles. The summed E-state index contributed by atoms with van der Waals surface area (Å²) >= 11 is 0. The molecule has 156 valence electrons. The Morgan fingerprint density at radius 3 is 2.43 bits per heavy atom. The van der Waals surface area contributed by atoms with E-state index >= 15 is 0 Å². The summed E-state index contributed by atoms with van der Waals surface area (Å²) in [7, 11) is 1.53. The predicted molar refractivity (Wildman–Crippen MR) is 112 cm³/mol. The van der Waals surface area contributed by atoms with Crippen LogP contribution < -0.4 is 15.4 Å². The smallest absolute Gasteiger partial charge is 0.255 e. The number of nitrogens with zero attached hydrogens (tertiary/aromatic N) is 1. The van der Waals surface area contributed by atoms with Gasteiger partial charge in [-0.15, -0.1) is 0 Å². The molecule has 6 nitrogen and oxygen atoms in total. The number of para-hydroxylation sites is 1. The third-order valence-corrected chi connectivity index (χ3v) is 5.23. The van der Waals surface area contributed by atoms with Crippen molar-refractivity contribution in [3.63, 3.8) is 0 Å². The molecule has 0 radical (unpaired) electrons. The van der Waals surface area contributed by atoms with Crippen molar-refractivity contribution in [2.24, 2.45) is 11.8 Å². The number of hydrogen-bond acceptors (Lipinski definition) is 4.